The van der Waals surface area contributed by atoms with Crippen molar-refractivity contribution in [2.45, 2.75) is 43.4 Å². The molecule has 5 N–H and O–H groups in total. The van der Waals surface area contributed by atoms with Crippen LogP contribution >= 0.6 is 0 Å². The van der Waals surface area contributed by atoms with Crippen molar-refractivity contribution in [1.29, 1.82) is 0 Å². The topological polar surface area (TPSA) is 119 Å². The molecule has 1 saturated carbocycles. The Kier molecular flexibility index (Phi) is 4.88. The first-order chi connectivity index (χ1) is 13.1. The van der Waals surface area contributed by atoms with Gasteiger partial charge in [-0.3, -0.25) is 5.10 Å². The number of aliphatic hydroxyl groups excluding tert-OH is 4. The SMILES string of the molecule is OCC1OC(C#Cc2cc(C#CC3CC3)cc3cn[nH]c23)C(O)C(O)[C@@H]1O. The lowest BCUT2D eigenvalue weighted by molar-refractivity contribution is -0.214. The van der Waals surface area contributed by atoms with Gasteiger partial charge in [-0.15, -0.1) is 0 Å². The molecule has 7 heteroatoms. The number of nitrogens with one attached hydrogen (secondary N) is 1. The van der Waals surface area contributed by atoms with Crippen LogP contribution in [0.15, 0.2) is 18.3 Å². The van der Waals surface area contributed by atoms with Crippen molar-refractivity contribution in [1.82, 2.24) is 10.2 Å². The van der Waals surface area contributed by atoms with E-state index >= 15 is 0 Å². The van der Waals surface area contributed by atoms with Gasteiger partial charge in [0.1, 0.15) is 30.5 Å². The van der Waals surface area contributed by atoms with Gasteiger partial charge in [-0.1, -0.05) is 23.7 Å². The fourth-order valence-electron chi connectivity index (χ4n) is 3.01. The predicted molar refractivity (Wildman–Crippen MR) is 96.3 cm³/mol. The van der Waals surface area contributed by atoms with E-state index in [9.17, 15) is 20.4 Å². The second kappa shape index (κ2) is 7.32. The van der Waals surface area contributed by atoms with Crippen LogP contribution in [0.1, 0.15) is 24.0 Å². The van der Waals surface area contributed by atoms with Crippen LogP contribution in [0.25, 0.3) is 10.9 Å². The van der Waals surface area contributed by atoms with E-state index in [1.165, 1.54) is 0 Å². The summed E-state index contributed by atoms with van der Waals surface area (Å²) in [6.45, 7) is -0.486. The summed E-state index contributed by atoms with van der Waals surface area (Å²) in [5, 5.41) is 46.9. The van der Waals surface area contributed by atoms with Crippen LogP contribution in [0.2, 0.25) is 0 Å². The van der Waals surface area contributed by atoms with Gasteiger partial charge in [0.2, 0.25) is 0 Å². The molecular weight excluding hydrogens is 348 g/mol. The summed E-state index contributed by atoms with van der Waals surface area (Å²) in [6.07, 6.45) is -2.27. The predicted octanol–water partition coefficient (Wildman–Crippen LogP) is -0.482. The quantitative estimate of drug-likeness (QED) is 0.434. The van der Waals surface area contributed by atoms with E-state index < -0.39 is 37.1 Å². The summed E-state index contributed by atoms with van der Waals surface area (Å²) >= 11 is 0. The van der Waals surface area contributed by atoms with Crippen molar-refractivity contribution in [2.24, 2.45) is 5.92 Å². The molecule has 140 valence electrons. The summed E-state index contributed by atoms with van der Waals surface area (Å²) < 4.78 is 5.43. The van der Waals surface area contributed by atoms with Gasteiger partial charge in [0, 0.05) is 16.9 Å². The summed E-state index contributed by atoms with van der Waals surface area (Å²) in [5.41, 5.74) is 2.21. The number of aromatic amines is 1. The van der Waals surface area contributed by atoms with Crippen molar-refractivity contribution in [3.8, 4) is 23.7 Å². The molecule has 0 radical (unpaired) electrons. The van der Waals surface area contributed by atoms with Crippen molar-refractivity contribution in [3.63, 3.8) is 0 Å². The Balaban J connectivity index is 1.65. The van der Waals surface area contributed by atoms with Crippen LogP contribution in [-0.4, -0.2) is 67.8 Å². The van der Waals surface area contributed by atoms with Crippen LogP contribution in [0.4, 0.5) is 0 Å². The number of hydrogen-bond acceptors (Lipinski definition) is 6. The lowest BCUT2D eigenvalue weighted by atomic mass is 9.95. The third-order valence-electron chi connectivity index (χ3n) is 4.79. The Morgan fingerprint density at radius 2 is 1.89 bits per heavy atom. The molecule has 7 nitrogen and oxygen atoms in total. The Morgan fingerprint density at radius 3 is 2.63 bits per heavy atom. The molecule has 4 unspecified atom stereocenters. The molecule has 2 fully saturated rings. The van der Waals surface area contributed by atoms with E-state index in [2.05, 4.69) is 33.9 Å². The molecule has 27 heavy (non-hydrogen) atoms. The second-order valence-electron chi connectivity index (χ2n) is 6.92. The van der Waals surface area contributed by atoms with Gasteiger partial charge < -0.3 is 25.2 Å². The molecule has 1 aliphatic carbocycles. The number of hydrogen-bond donors (Lipinski definition) is 5. The van der Waals surface area contributed by atoms with Gasteiger partial charge in [-0.05, 0) is 25.0 Å². The van der Waals surface area contributed by atoms with Crippen LogP contribution in [0, 0.1) is 29.6 Å². The van der Waals surface area contributed by atoms with Gasteiger partial charge >= 0.3 is 0 Å². The fourth-order valence-corrected chi connectivity index (χ4v) is 3.01. The molecule has 2 aliphatic rings. The van der Waals surface area contributed by atoms with E-state index in [1.54, 1.807) is 6.20 Å². The van der Waals surface area contributed by atoms with Crippen molar-refractivity contribution in [2.75, 3.05) is 6.61 Å². The highest BCUT2D eigenvalue weighted by Crippen LogP contribution is 2.28. The maximum Gasteiger partial charge on any atom is 0.147 e. The van der Waals surface area contributed by atoms with Crippen LogP contribution in [0.3, 0.4) is 0 Å². The molecule has 2 heterocycles. The molecule has 0 amide bonds. The number of fused-ring (bicyclic) bond motifs is 1. The zero-order chi connectivity index (χ0) is 19.0. The maximum absolute atomic E-state index is 10.1. The Labute approximate surface area is 156 Å². The number of rotatable bonds is 1. The zero-order valence-electron chi connectivity index (χ0n) is 14.5. The average Bonchev–Trinajstić information content (AvgIpc) is 3.39. The molecule has 1 aliphatic heterocycles. The van der Waals surface area contributed by atoms with Crippen molar-refractivity contribution in [3.05, 3.63) is 29.5 Å². The highest BCUT2D eigenvalue weighted by Gasteiger charge is 2.42. The minimum absolute atomic E-state index is 0.480. The summed E-state index contributed by atoms with van der Waals surface area (Å²) in [5.74, 6) is 12.6. The van der Waals surface area contributed by atoms with Gasteiger partial charge in [-0.25, -0.2) is 0 Å². The normalized spacial score (nSPS) is 30.3. The molecule has 1 saturated heterocycles. The first kappa shape index (κ1) is 18.0. The molecule has 1 aromatic heterocycles. The Morgan fingerprint density at radius 1 is 1.07 bits per heavy atom. The molecule has 2 aromatic rings. The van der Waals surface area contributed by atoms with Crippen LogP contribution < -0.4 is 0 Å². The highest BCUT2D eigenvalue weighted by molar-refractivity contribution is 5.85. The first-order valence-corrected chi connectivity index (χ1v) is 8.87. The van der Waals surface area contributed by atoms with Crippen molar-refractivity contribution >= 4 is 10.9 Å². The highest BCUT2D eigenvalue weighted by atomic mass is 16.5. The van der Waals surface area contributed by atoms with Gasteiger partial charge in [0.15, 0.2) is 0 Å². The van der Waals surface area contributed by atoms with Gasteiger partial charge in [0.05, 0.1) is 23.9 Å². The molecule has 5 atom stereocenters. The molecular formula is C20H20N2O5. The van der Waals surface area contributed by atoms with E-state index in [0.717, 1.165) is 29.3 Å². The van der Waals surface area contributed by atoms with E-state index in [1.807, 2.05) is 12.1 Å². The lowest BCUT2D eigenvalue weighted by Crippen LogP contribution is -2.58. The smallest absolute Gasteiger partial charge is 0.147 e. The standard InChI is InChI=1S/C20H20N2O5/c23-10-16-19(25)20(26)18(24)15(27-16)6-5-13-7-12(4-3-11-1-2-11)8-14-9-21-22-17(13)14/h7-9,11,15-16,18-20,23-26H,1-2,10H2,(H,21,22)/t15?,16?,18?,19-,20?/m1/s1. The second-order valence-corrected chi connectivity index (χ2v) is 6.92. The Bertz CT molecular complexity index is 957. The third-order valence-corrected chi connectivity index (χ3v) is 4.79. The molecule has 4 rings (SSSR count). The number of nitrogens with zero attached hydrogens (tertiary/aromatic N) is 1. The van der Waals surface area contributed by atoms with E-state index in [4.69, 9.17) is 4.74 Å². The molecule has 0 bridgehead atoms. The number of H-pyrrole nitrogens is 1. The lowest BCUT2D eigenvalue weighted by Gasteiger charge is -2.37. The number of ether oxygens (including phenoxy) is 1. The van der Waals surface area contributed by atoms with E-state index in [-0.39, 0.29) is 0 Å². The average molecular weight is 368 g/mol. The molecule has 0 spiro atoms. The third kappa shape index (κ3) is 3.70. The minimum Gasteiger partial charge on any atom is -0.394 e. The minimum atomic E-state index is -1.45. The van der Waals surface area contributed by atoms with Gasteiger partial charge in [0.25, 0.3) is 0 Å². The van der Waals surface area contributed by atoms with Crippen LogP contribution in [0.5, 0.6) is 0 Å². The van der Waals surface area contributed by atoms with Crippen molar-refractivity contribution < 1.29 is 25.2 Å². The molecule has 1 aromatic carbocycles. The van der Waals surface area contributed by atoms with Gasteiger partial charge in [-0.2, -0.15) is 5.10 Å². The first-order valence-electron chi connectivity index (χ1n) is 8.87. The zero-order valence-corrected chi connectivity index (χ0v) is 14.5. The van der Waals surface area contributed by atoms with E-state index in [0.29, 0.717) is 11.5 Å². The number of benzene rings is 1. The maximum atomic E-state index is 10.1. The summed E-state index contributed by atoms with van der Waals surface area (Å²) in [7, 11) is 0. The van der Waals surface area contributed by atoms with Crippen LogP contribution in [-0.2, 0) is 4.74 Å². The number of aliphatic hydroxyl groups is 4. The largest absolute Gasteiger partial charge is 0.394 e. The number of aromatic nitrogens is 2. The monoisotopic (exact) mass is 368 g/mol. The summed E-state index contributed by atoms with van der Waals surface area (Å²) in [4.78, 5) is 0. The Hall–Kier alpha value is -2.39. The summed E-state index contributed by atoms with van der Waals surface area (Å²) in [6, 6.07) is 3.78. The fraction of sp³-hybridized carbons (Fsp3) is 0.450.